The van der Waals surface area contributed by atoms with Crippen LogP contribution in [0.4, 0.5) is 26.7 Å². The Hall–Kier alpha value is -10.7. The number of nitrogens with zero attached hydrogens (tertiary/aromatic N) is 4. The number of Topliss-reactive ketones (excluding diaryl/α,β-unsaturated/α-hetero) is 1. The summed E-state index contributed by atoms with van der Waals surface area (Å²) in [5.41, 5.74) is 5.75. The van der Waals surface area contributed by atoms with Gasteiger partial charge in [0.05, 0.1) is 35.5 Å². The molecule has 106 heavy (non-hydrogen) atoms. The number of allylic oxidation sites excluding steroid dienone is 2. The molecule has 3 aromatic carbocycles. The minimum absolute atomic E-state index is 0.00475. The number of imide groups is 1. The summed E-state index contributed by atoms with van der Waals surface area (Å²) in [4.78, 5) is 156. The van der Waals surface area contributed by atoms with E-state index in [1.165, 1.54) is 65.4 Å². The van der Waals surface area contributed by atoms with Gasteiger partial charge in [0.1, 0.15) is 53.2 Å². The summed E-state index contributed by atoms with van der Waals surface area (Å²) in [6.07, 6.45) is 6.97. The van der Waals surface area contributed by atoms with Gasteiger partial charge in [-0.1, -0.05) is 78.3 Å². The lowest BCUT2D eigenvalue weighted by Gasteiger charge is -2.38. The van der Waals surface area contributed by atoms with E-state index in [1.807, 2.05) is 4.90 Å². The lowest BCUT2D eigenvalue weighted by molar-refractivity contribution is -0.160. The number of primary amides is 1. The van der Waals surface area contributed by atoms with Gasteiger partial charge in [0.2, 0.25) is 23.2 Å². The average Bonchev–Trinajstić information content (AvgIpc) is 1.42. The number of methoxy groups -OCH3 is 1. The van der Waals surface area contributed by atoms with Crippen LogP contribution in [0.3, 0.4) is 0 Å². The lowest BCUT2D eigenvalue weighted by atomic mass is 9.78. The molecular weight excluding hydrogens is 1370 g/mol. The fraction of sp³-hybridized carbons (Fsp3) is 0.474. The maximum Gasteiger partial charge on any atom is 0.410 e. The number of aromatic nitrogens is 1. The lowest BCUT2D eigenvalue weighted by Crippen LogP contribution is -2.54. The van der Waals surface area contributed by atoms with Gasteiger partial charge < -0.3 is 85.5 Å². The van der Waals surface area contributed by atoms with Gasteiger partial charge in [-0.05, 0) is 81.4 Å². The van der Waals surface area contributed by atoms with Gasteiger partial charge in [-0.15, -0.1) is 0 Å². The highest BCUT2D eigenvalue weighted by Gasteiger charge is 2.50. The predicted molar refractivity (Wildman–Crippen MR) is 390 cm³/mol. The summed E-state index contributed by atoms with van der Waals surface area (Å²) in [5, 5.41) is 48.3. The Kier molecular flexibility index (Phi) is 25.8. The van der Waals surface area contributed by atoms with Gasteiger partial charge >= 0.3 is 23.9 Å². The first-order valence-corrected chi connectivity index (χ1v) is 35.5. The van der Waals surface area contributed by atoms with Crippen molar-refractivity contribution in [1.82, 2.24) is 30.7 Å². The molecule has 10 N–H and O–H groups in total. The molecule has 0 spiro atoms. The van der Waals surface area contributed by atoms with Crippen LogP contribution >= 0.6 is 0 Å². The first-order chi connectivity index (χ1) is 50.3. The summed E-state index contributed by atoms with van der Waals surface area (Å²) in [6, 6.07) is 8.77. The van der Waals surface area contributed by atoms with Crippen LogP contribution in [0.25, 0.3) is 33.3 Å². The molecule has 30 heteroatoms. The molecule has 9 amide bonds. The Labute approximate surface area is 612 Å². The number of nitrogens with one attached hydrogen (secondary N) is 5. The number of fused-ring (bicyclic) bond motifs is 2. The maximum absolute atomic E-state index is 15.1. The summed E-state index contributed by atoms with van der Waals surface area (Å²) in [7, 11) is 1.42. The second-order valence-electron chi connectivity index (χ2n) is 27.9. The number of aliphatic hydroxyl groups excluding tert-OH is 2. The molecule has 0 radical (unpaired) electrons. The van der Waals surface area contributed by atoms with E-state index in [2.05, 4.69) is 26.6 Å². The van der Waals surface area contributed by atoms with Crippen LogP contribution in [-0.2, 0) is 59.1 Å². The van der Waals surface area contributed by atoms with Crippen LogP contribution in [0.5, 0.6) is 11.5 Å². The predicted octanol–water partition coefficient (Wildman–Crippen LogP) is 6.91. The summed E-state index contributed by atoms with van der Waals surface area (Å²) in [6.45, 7) is 17.2. The van der Waals surface area contributed by atoms with Crippen LogP contribution in [0.2, 0.25) is 0 Å². The van der Waals surface area contributed by atoms with Crippen molar-refractivity contribution in [1.29, 1.82) is 0 Å². The molecule has 3 aromatic rings. The van der Waals surface area contributed by atoms with Gasteiger partial charge in [-0.3, -0.25) is 48.1 Å². The molecule has 5 heterocycles. The largest absolute Gasteiger partial charge is 0.507 e. The second-order valence-corrected chi connectivity index (χ2v) is 27.9. The van der Waals surface area contributed by atoms with Crippen LogP contribution in [0, 0.1) is 36.5 Å². The van der Waals surface area contributed by atoms with Gasteiger partial charge in [-0.25, -0.2) is 14.6 Å². The van der Waals surface area contributed by atoms with Crippen molar-refractivity contribution in [2.45, 2.75) is 157 Å². The zero-order chi connectivity index (χ0) is 77.2. The Morgan fingerprint density at radius 3 is 2.20 bits per heavy atom. The number of ketones is 1. The number of aromatic hydroxyl groups is 1. The number of nitrogens with two attached hydrogens (primary N) is 1. The Bertz CT molecular complexity index is 4330. The van der Waals surface area contributed by atoms with Gasteiger partial charge in [0.15, 0.2) is 11.3 Å². The molecular formula is C76H94N10O20. The normalized spacial score (nSPS) is 23.9. The first-order valence-electron chi connectivity index (χ1n) is 35.5. The number of carbonyl (C=O) groups is 10. The van der Waals surface area contributed by atoms with E-state index in [0.717, 1.165) is 4.90 Å². The molecule has 0 unspecified atom stereocenters. The number of rotatable bonds is 21. The molecule has 0 saturated carbocycles. The third-order valence-corrected chi connectivity index (χ3v) is 19.9. The number of anilines is 3. The SMILES string of the molecule is CO[C@H]1/C=C/O[C@@]2(C)Oc3c(C)c(O)c4c(=O)c(c5oc6cc(N7CCN(C(=O)OCc8ccc(NC(=O)[C@H](CCCNC(N)=O)NC(=O)[C@@H](NC(=O)CCCCCN9C(=O)C=CC9=O)C(C)C)cc8)CC7)ccc6nc-5c4c3C2=O)NC(=O)/C(C)=C\C=C\[C@H](C)[C@H](O)[C@@H](C)[C@@H](O)[C@@H](C)[C@H](OC(C)=O)[C@@H]1C. The van der Waals surface area contributed by atoms with Crippen molar-refractivity contribution in [2.24, 2.45) is 35.3 Å². The van der Waals surface area contributed by atoms with Crippen molar-refractivity contribution >= 4 is 98.3 Å². The van der Waals surface area contributed by atoms with Crippen LogP contribution in [0.15, 0.2) is 100.0 Å². The zero-order valence-corrected chi connectivity index (χ0v) is 61.3. The molecule has 6 aliphatic rings. The van der Waals surface area contributed by atoms with Crippen LogP contribution in [-0.4, -0.2) is 178 Å². The van der Waals surface area contributed by atoms with Gasteiger partial charge in [-0.2, -0.15) is 0 Å². The highest BCUT2D eigenvalue weighted by Crippen LogP contribution is 2.51. The number of hydrogen-bond acceptors (Lipinski definition) is 22. The number of urea groups is 1. The maximum atomic E-state index is 15.1. The van der Waals surface area contributed by atoms with E-state index in [0.29, 0.717) is 49.3 Å². The smallest absolute Gasteiger partial charge is 0.410 e. The molecule has 0 aromatic heterocycles. The number of aliphatic hydroxyl groups is 2. The zero-order valence-electron chi connectivity index (χ0n) is 61.3. The van der Waals surface area contributed by atoms with E-state index < -0.39 is 130 Å². The molecule has 11 atom stereocenters. The number of amides is 9. The topological polar surface area (TPSA) is 417 Å². The Balaban J connectivity index is 0.891. The Morgan fingerprint density at radius 2 is 1.54 bits per heavy atom. The van der Waals surface area contributed by atoms with Gasteiger partial charge in [0.25, 0.3) is 23.5 Å². The van der Waals surface area contributed by atoms with Crippen molar-refractivity contribution in [3.05, 3.63) is 118 Å². The number of carbonyl (C=O) groups excluding carboxylic acids is 10. The molecule has 568 valence electrons. The molecule has 1 fully saturated rings. The van der Waals surface area contributed by atoms with Crippen molar-refractivity contribution in [3.8, 4) is 23.0 Å². The number of phenols is 1. The van der Waals surface area contributed by atoms with E-state index in [9.17, 15) is 58.5 Å². The second kappa shape index (κ2) is 34.5. The first kappa shape index (κ1) is 79.4. The fourth-order valence-corrected chi connectivity index (χ4v) is 13.5. The average molecular weight is 1470 g/mol. The molecule has 9 rings (SSSR count). The third-order valence-electron chi connectivity index (χ3n) is 19.9. The van der Waals surface area contributed by atoms with Crippen molar-refractivity contribution in [3.63, 3.8) is 0 Å². The number of esters is 1. The van der Waals surface area contributed by atoms with E-state index >= 15 is 9.59 Å². The van der Waals surface area contributed by atoms with Gasteiger partial charge in [0, 0.05) is 136 Å². The summed E-state index contributed by atoms with van der Waals surface area (Å²) >= 11 is 0. The highest BCUT2D eigenvalue weighted by atomic mass is 16.7. The van der Waals surface area contributed by atoms with Crippen molar-refractivity contribution < 1.29 is 91.4 Å². The minimum Gasteiger partial charge on any atom is -0.507 e. The van der Waals surface area contributed by atoms with E-state index in [1.54, 1.807) is 101 Å². The van der Waals surface area contributed by atoms with Crippen molar-refractivity contribution in [2.75, 3.05) is 61.9 Å². The van der Waals surface area contributed by atoms with Crippen LogP contribution < -0.4 is 47.4 Å². The summed E-state index contributed by atoms with van der Waals surface area (Å²) in [5.74, 6) is -10.6. The van der Waals surface area contributed by atoms with E-state index in [-0.39, 0.29) is 126 Å². The van der Waals surface area contributed by atoms with E-state index in [4.69, 9.17) is 38.8 Å². The quantitative estimate of drug-likeness (QED) is 0.0118. The fourth-order valence-electron chi connectivity index (χ4n) is 13.5. The third kappa shape index (κ3) is 18.1. The number of phenolic OH excluding ortho intramolecular Hbond substituents is 1. The minimum atomic E-state index is -2.12. The molecule has 30 nitrogen and oxygen atoms in total. The molecule has 1 aliphatic carbocycles. The molecule has 5 aliphatic heterocycles. The number of unbranched alkanes of at least 4 members (excludes halogenated alkanes) is 2. The standard InChI is InChI=1S/C76H94N10O20/c1-39(2)60(82-54(88)20-13-12-14-31-86-55(89)27-28-56(86)90)73(98)81-51(19-16-30-78-74(77)99)72(97)79-48-23-21-47(22-24-48)38-102-75(100)85-34-32-84(33-35-85)49-25-26-50-53(37-49)105-69-61(80-50)57-58-65(93)45(8)68-59(57)70(95)76(10,106-68)103-36-29-52(101-11)42(5)67(104-46(9)87)44(7)64(92)43(6)63(91)40(3)17-15-18-41(4)71(96)83-62(69)66(58)94/h15,17-18,21-29,36-37,39-40,42-44,51-52,60,63-64,67,91-93H,12-14,16,19-20,30-35,38H2,1-11H3,(H,79,97)(H,81,98)(H,82,88)(H,83,96)(H3,77,78,99)/b17-15+,36-29+,41-18-/t40-,42+,43+,44+,51-,52-,60-,63-,64+,67+,76-/m0/s1. The monoisotopic (exact) mass is 1470 g/mol. The molecule has 4 bridgehead atoms. The Morgan fingerprint density at radius 1 is 0.840 bits per heavy atom. The highest BCUT2D eigenvalue weighted by molar-refractivity contribution is 6.22. The number of benzene rings is 4. The number of hydrogen-bond donors (Lipinski definition) is 9. The summed E-state index contributed by atoms with van der Waals surface area (Å²) < 4.78 is 36.5. The molecule has 1 saturated heterocycles. The number of ether oxygens (including phenoxy) is 5. The van der Waals surface area contributed by atoms with Crippen LogP contribution in [0.1, 0.15) is 122 Å². The number of piperazine rings is 1.